The van der Waals surface area contributed by atoms with Crippen molar-refractivity contribution in [2.24, 2.45) is 0 Å². The van der Waals surface area contributed by atoms with Gasteiger partial charge < -0.3 is 14.2 Å². The van der Waals surface area contributed by atoms with Crippen LogP contribution >= 0.6 is 0 Å². The zero-order valence-corrected chi connectivity index (χ0v) is 77.9. The molecule has 0 spiro atoms. The first kappa shape index (κ1) is 104. The van der Waals surface area contributed by atoms with Crippen molar-refractivity contribution in [1.29, 1.82) is 0 Å². The quantitative estimate of drug-likeness (QED) is 0.128. The van der Waals surface area contributed by atoms with Crippen molar-refractivity contribution in [2.75, 3.05) is 0 Å². The fourth-order valence-electron chi connectivity index (χ4n) is 11.3. The lowest BCUT2D eigenvalue weighted by molar-refractivity contribution is -0.137. The molecule has 0 aliphatic heterocycles. The largest absolute Gasteiger partial charge is 0.438 e. The van der Waals surface area contributed by atoms with Crippen LogP contribution in [0.25, 0.3) is 11.1 Å². The summed E-state index contributed by atoms with van der Waals surface area (Å²) in [6, 6.07) is 60.9. The fourth-order valence-corrected chi connectivity index (χ4v) is 11.3. The number of ether oxygens (including phenoxy) is 3. The average molecular weight is 1680 g/mol. The van der Waals surface area contributed by atoms with Crippen molar-refractivity contribution in [2.45, 2.75) is 277 Å². The van der Waals surface area contributed by atoms with Crippen molar-refractivity contribution in [3.63, 3.8) is 0 Å². The van der Waals surface area contributed by atoms with E-state index in [1.54, 1.807) is 42.9 Å². The molecule has 11 nitrogen and oxygen atoms in total. The molecule has 0 amide bonds. The SMILES string of the molecule is C.CC(C)(C)c1ccc(-c2ccccc2)cn1.CC(C)(C)c1ccc(C(F)(F)F)cn1.CC(C)(C)c1cccnc1Oc1ccc(F)cc1F.CC(C)(C)c1cccnc1Oc1ccccc1F.CC(C)c1ccc(C(C)(C)C)cn1.CCc1cccc(C(C)(C)C)n1.Cc1cccc(C(C)(C)C)n1.Cc1cccc(Oc2ncccc2C(C)(C)C)c1C. The summed E-state index contributed by atoms with van der Waals surface area (Å²) in [6.07, 6.45) is 6.53. The summed E-state index contributed by atoms with van der Waals surface area (Å²) in [5.41, 5.74) is 16.1. The number of rotatable bonds is 9. The van der Waals surface area contributed by atoms with Gasteiger partial charge in [-0.3, -0.25) is 24.9 Å². The van der Waals surface area contributed by atoms with Crippen molar-refractivity contribution in [3.05, 3.63) is 334 Å². The highest BCUT2D eigenvalue weighted by Gasteiger charge is 2.32. The van der Waals surface area contributed by atoms with Gasteiger partial charge in [-0.25, -0.2) is 28.1 Å². The summed E-state index contributed by atoms with van der Waals surface area (Å²) in [5, 5.41) is 0. The van der Waals surface area contributed by atoms with E-state index in [2.05, 4.69) is 278 Å². The molecule has 0 aliphatic rings. The third-order valence-electron chi connectivity index (χ3n) is 19.0. The Kier molecular flexibility index (Phi) is 38.6. The molecule has 8 aromatic heterocycles. The second kappa shape index (κ2) is 45.4. The van der Waals surface area contributed by atoms with Crippen molar-refractivity contribution in [1.82, 2.24) is 39.9 Å². The second-order valence-electron chi connectivity index (χ2n) is 38.5. The Bertz CT molecular complexity index is 5140. The Balaban J connectivity index is 0.000000297. The molecule has 17 heteroatoms. The van der Waals surface area contributed by atoms with Gasteiger partial charge in [-0.1, -0.05) is 291 Å². The van der Waals surface area contributed by atoms with Crippen LogP contribution in [-0.4, -0.2) is 39.9 Å². The minimum Gasteiger partial charge on any atom is -0.438 e. The minimum atomic E-state index is -4.30. The van der Waals surface area contributed by atoms with Crippen LogP contribution in [0.2, 0.25) is 0 Å². The van der Waals surface area contributed by atoms with Gasteiger partial charge in [0.15, 0.2) is 23.1 Å². The van der Waals surface area contributed by atoms with Crippen LogP contribution < -0.4 is 14.2 Å². The molecule has 4 aromatic carbocycles. The number of hydrogen-bond donors (Lipinski definition) is 0. The average Bonchev–Trinajstić information content (AvgIpc) is 0.455. The molecule has 0 saturated heterocycles. The van der Waals surface area contributed by atoms with Crippen LogP contribution in [0.15, 0.2) is 237 Å². The summed E-state index contributed by atoms with van der Waals surface area (Å²) in [5.74, 6) is 1.28. The first-order valence-corrected chi connectivity index (χ1v) is 41.6. The van der Waals surface area contributed by atoms with Crippen LogP contribution in [0, 0.1) is 38.2 Å². The van der Waals surface area contributed by atoms with Crippen molar-refractivity contribution < 1.29 is 40.6 Å². The maximum Gasteiger partial charge on any atom is 0.417 e. The van der Waals surface area contributed by atoms with Crippen molar-refractivity contribution in [3.8, 4) is 46.0 Å². The molecule has 0 bridgehead atoms. The molecule has 0 N–H and O–H groups in total. The number of benzene rings is 4. The standard InChI is InChI=1S/C17H21NO.C15H15F2NO.C15H16FNO.C15H17N.C12H19N.C11H17N.C10H12F3N.C10H15N.CH4/c1-12-8-6-10-15(13(12)2)19-16-14(17(3,4)5)9-7-11-18-16;1-15(2,3)11-5-4-8-18-14(11)19-13-7-6-10(16)9-12(13)17;1-15(2,3)11-7-6-10-17-14(11)18-13-9-5-4-8-12(13)16;1-15(2,3)14-10-9-13(11-16-14)12-7-5-4-6-8-12;1-9(2)11-7-6-10(8-13-11)12(3,4)5;1-5-9-7-6-8-10(12-9)11(2,3)4;1-9(2,3)8-5-4-7(6-14-8)10(11,12)13;1-8-6-5-7-9(11-8)10(2,3)4;/h6-11H,1-5H3;4-9H,1-3H3;4-10H,1-3H3;4-11H,1-3H3;6-9H,1-5H3;6-8H,5H2,1-4H3;4-6H,1-3H3;5-7H,1-4H3;1H4. The smallest absolute Gasteiger partial charge is 0.417 e. The lowest BCUT2D eigenvalue weighted by Crippen LogP contribution is -2.14. The normalized spacial score (nSPS) is 11.6. The molecular weight excluding hydrogens is 1550 g/mol. The molecule has 0 unspecified atom stereocenters. The Hall–Kier alpha value is -10.9. The second-order valence-corrected chi connectivity index (χ2v) is 38.5. The number of aromatic nitrogens is 8. The highest BCUT2D eigenvalue weighted by atomic mass is 19.4. The van der Waals surface area contributed by atoms with Gasteiger partial charge in [0, 0.05) is 127 Å². The van der Waals surface area contributed by atoms with Gasteiger partial charge in [0.05, 0.1) is 5.56 Å². The van der Waals surface area contributed by atoms with Crippen LogP contribution in [-0.2, 0) is 55.9 Å². The molecule has 123 heavy (non-hydrogen) atoms. The molecule has 12 aromatic rings. The van der Waals surface area contributed by atoms with Gasteiger partial charge >= 0.3 is 6.18 Å². The Labute approximate surface area is 733 Å². The van der Waals surface area contributed by atoms with Crippen LogP contribution in [0.3, 0.4) is 0 Å². The molecule has 12 rings (SSSR count). The molecule has 8 heterocycles. The minimum absolute atomic E-state index is 0. The van der Waals surface area contributed by atoms with Crippen molar-refractivity contribution >= 4 is 0 Å². The van der Waals surface area contributed by atoms with E-state index in [0.29, 0.717) is 29.3 Å². The number of para-hydroxylation sites is 1. The van der Waals surface area contributed by atoms with E-state index in [0.717, 1.165) is 75.9 Å². The number of alkyl halides is 3. The van der Waals surface area contributed by atoms with E-state index in [9.17, 15) is 26.3 Å². The number of halogens is 6. The molecule has 0 aliphatic carbocycles. The third-order valence-corrected chi connectivity index (χ3v) is 19.0. The first-order chi connectivity index (χ1) is 56.5. The van der Waals surface area contributed by atoms with Gasteiger partial charge in [-0.05, 0) is 174 Å². The van der Waals surface area contributed by atoms with Gasteiger partial charge in [-0.2, -0.15) is 13.2 Å². The van der Waals surface area contributed by atoms with E-state index in [1.165, 1.54) is 57.5 Å². The van der Waals surface area contributed by atoms with E-state index >= 15 is 0 Å². The summed E-state index contributed by atoms with van der Waals surface area (Å²) < 4.78 is 93.6. The van der Waals surface area contributed by atoms with Crippen LogP contribution in [0.4, 0.5) is 26.3 Å². The molecule has 660 valence electrons. The number of pyridine rings is 8. The number of hydrogen-bond acceptors (Lipinski definition) is 11. The number of aryl methyl sites for hydroxylation is 3. The lowest BCUT2D eigenvalue weighted by atomic mass is 9.88. The summed E-state index contributed by atoms with van der Waals surface area (Å²) in [6.45, 7) is 63.4. The Morgan fingerprint density at radius 2 is 0.756 bits per heavy atom. The van der Waals surface area contributed by atoms with E-state index in [4.69, 9.17) is 14.2 Å². The topological polar surface area (TPSA) is 131 Å². The molecule has 0 fully saturated rings. The summed E-state index contributed by atoms with van der Waals surface area (Å²) in [7, 11) is 0. The lowest BCUT2D eigenvalue weighted by Gasteiger charge is -2.22. The summed E-state index contributed by atoms with van der Waals surface area (Å²) in [4.78, 5) is 34.5. The van der Waals surface area contributed by atoms with Gasteiger partial charge in [-0.15, -0.1) is 0 Å². The highest BCUT2D eigenvalue weighted by molar-refractivity contribution is 5.62. The molecule has 0 saturated carbocycles. The van der Waals surface area contributed by atoms with E-state index in [-0.39, 0.29) is 68.1 Å². The van der Waals surface area contributed by atoms with E-state index < -0.39 is 23.4 Å². The number of nitrogens with zero attached hydrogens (tertiary/aromatic N) is 8. The maximum atomic E-state index is 13.6. The Morgan fingerprint density at radius 3 is 1.15 bits per heavy atom. The van der Waals surface area contributed by atoms with Gasteiger partial charge in [0.25, 0.3) is 0 Å². The summed E-state index contributed by atoms with van der Waals surface area (Å²) >= 11 is 0. The fraction of sp³-hybridized carbons (Fsp3) is 0.396. The molecular formula is C106H136F6N8O3. The monoisotopic (exact) mass is 1680 g/mol. The first-order valence-electron chi connectivity index (χ1n) is 41.6. The highest BCUT2D eigenvalue weighted by Crippen LogP contribution is 2.38. The Morgan fingerprint density at radius 1 is 0.333 bits per heavy atom. The predicted molar refractivity (Wildman–Crippen MR) is 498 cm³/mol. The third kappa shape index (κ3) is 35.1. The molecule has 0 radical (unpaired) electrons. The van der Waals surface area contributed by atoms with E-state index in [1.807, 2.05) is 122 Å². The molecule has 0 atom stereocenters. The zero-order chi connectivity index (χ0) is 91.6. The maximum absolute atomic E-state index is 13.6. The predicted octanol–water partition coefficient (Wildman–Crippen LogP) is 30.8. The van der Waals surface area contributed by atoms with Crippen LogP contribution in [0.5, 0.6) is 34.9 Å². The van der Waals surface area contributed by atoms with Crippen LogP contribution in [0.1, 0.15) is 279 Å². The van der Waals surface area contributed by atoms with Gasteiger partial charge in [0.1, 0.15) is 11.6 Å². The zero-order valence-electron chi connectivity index (χ0n) is 77.9. The van der Waals surface area contributed by atoms with Gasteiger partial charge in [0.2, 0.25) is 17.6 Å².